The first kappa shape index (κ1) is 14.4. The maximum atomic E-state index is 13.7. The number of nitrogens with one attached hydrogen (secondary N) is 1. The molecule has 1 aromatic heterocycles. The van der Waals surface area contributed by atoms with Crippen molar-refractivity contribution in [1.29, 1.82) is 0 Å². The molecule has 6 heteroatoms. The molecule has 0 spiro atoms. The lowest BCUT2D eigenvalue weighted by Crippen LogP contribution is -2.12. The van der Waals surface area contributed by atoms with Crippen molar-refractivity contribution in [3.8, 4) is 0 Å². The lowest BCUT2D eigenvalue weighted by Gasteiger charge is -2.09. The first-order chi connectivity index (χ1) is 10.5. The van der Waals surface area contributed by atoms with Gasteiger partial charge in [0.25, 0.3) is 5.91 Å². The van der Waals surface area contributed by atoms with Gasteiger partial charge >= 0.3 is 0 Å². The predicted octanol–water partition coefficient (Wildman–Crippen LogP) is 4.42. The number of carbonyl (C=O) groups is 1. The van der Waals surface area contributed by atoms with E-state index in [2.05, 4.69) is 10.3 Å². The third kappa shape index (κ3) is 2.76. The summed E-state index contributed by atoms with van der Waals surface area (Å²) in [5.74, 6) is -1.92. The second-order valence-corrected chi connectivity index (χ2v) is 5.04. The molecule has 0 aliphatic carbocycles. The number of pyridine rings is 1. The number of carbonyl (C=O) groups excluding carboxylic acids is 1. The SMILES string of the molecule is O=C(Nc1ccnc2c(F)cc(F)cc12)c1ccc(Cl)cc1. The minimum Gasteiger partial charge on any atom is -0.321 e. The minimum absolute atomic E-state index is 0.00435. The van der Waals surface area contributed by atoms with E-state index in [1.54, 1.807) is 24.3 Å². The average molecular weight is 319 g/mol. The van der Waals surface area contributed by atoms with Crippen molar-refractivity contribution in [1.82, 2.24) is 4.98 Å². The van der Waals surface area contributed by atoms with Crippen LogP contribution in [0.2, 0.25) is 5.02 Å². The van der Waals surface area contributed by atoms with Gasteiger partial charge in [-0.05, 0) is 36.4 Å². The number of rotatable bonds is 2. The Morgan fingerprint density at radius 2 is 1.82 bits per heavy atom. The van der Waals surface area contributed by atoms with Crippen LogP contribution in [0.5, 0.6) is 0 Å². The first-order valence-corrected chi connectivity index (χ1v) is 6.73. The molecule has 0 bridgehead atoms. The van der Waals surface area contributed by atoms with E-state index in [1.165, 1.54) is 12.3 Å². The maximum Gasteiger partial charge on any atom is 0.255 e. The van der Waals surface area contributed by atoms with Gasteiger partial charge in [0.2, 0.25) is 0 Å². The van der Waals surface area contributed by atoms with Crippen LogP contribution in [-0.2, 0) is 0 Å². The number of aromatic nitrogens is 1. The summed E-state index contributed by atoms with van der Waals surface area (Å²) in [6, 6.07) is 9.64. The van der Waals surface area contributed by atoms with Crippen molar-refractivity contribution in [2.45, 2.75) is 0 Å². The van der Waals surface area contributed by atoms with Gasteiger partial charge in [0.1, 0.15) is 11.3 Å². The Hall–Kier alpha value is -2.53. The van der Waals surface area contributed by atoms with Crippen molar-refractivity contribution in [3.63, 3.8) is 0 Å². The van der Waals surface area contributed by atoms with E-state index in [0.29, 0.717) is 10.6 Å². The normalized spacial score (nSPS) is 10.7. The van der Waals surface area contributed by atoms with Crippen LogP contribution in [0.1, 0.15) is 10.4 Å². The number of anilines is 1. The molecule has 3 aromatic rings. The fraction of sp³-hybridized carbons (Fsp3) is 0. The average Bonchev–Trinajstić information content (AvgIpc) is 2.48. The Morgan fingerprint density at radius 1 is 1.09 bits per heavy atom. The highest BCUT2D eigenvalue weighted by molar-refractivity contribution is 6.30. The van der Waals surface area contributed by atoms with Gasteiger partial charge in [-0.1, -0.05) is 11.6 Å². The highest BCUT2D eigenvalue weighted by atomic mass is 35.5. The third-order valence-electron chi connectivity index (χ3n) is 3.12. The van der Waals surface area contributed by atoms with Gasteiger partial charge in [-0.3, -0.25) is 9.78 Å². The number of hydrogen-bond donors (Lipinski definition) is 1. The van der Waals surface area contributed by atoms with E-state index in [4.69, 9.17) is 11.6 Å². The monoisotopic (exact) mass is 318 g/mol. The molecule has 0 atom stereocenters. The van der Waals surface area contributed by atoms with Gasteiger partial charge in [-0.2, -0.15) is 0 Å². The van der Waals surface area contributed by atoms with E-state index < -0.39 is 17.5 Å². The van der Waals surface area contributed by atoms with Crippen LogP contribution < -0.4 is 5.32 Å². The van der Waals surface area contributed by atoms with E-state index in [1.807, 2.05) is 0 Å². The Labute approximate surface area is 129 Å². The fourth-order valence-corrected chi connectivity index (χ4v) is 2.21. The lowest BCUT2D eigenvalue weighted by molar-refractivity contribution is 0.102. The molecule has 0 aliphatic rings. The molecule has 0 aliphatic heterocycles. The zero-order valence-electron chi connectivity index (χ0n) is 11.1. The molecule has 2 aromatic carbocycles. The van der Waals surface area contributed by atoms with E-state index in [-0.39, 0.29) is 16.6 Å². The fourth-order valence-electron chi connectivity index (χ4n) is 2.08. The van der Waals surface area contributed by atoms with Gasteiger partial charge in [0.05, 0.1) is 5.69 Å². The maximum absolute atomic E-state index is 13.7. The van der Waals surface area contributed by atoms with Crippen LogP contribution in [0.4, 0.5) is 14.5 Å². The number of nitrogens with zero attached hydrogens (tertiary/aromatic N) is 1. The molecule has 0 unspecified atom stereocenters. The molecule has 110 valence electrons. The van der Waals surface area contributed by atoms with Crippen molar-refractivity contribution < 1.29 is 13.6 Å². The molecular weight excluding hydrogens is 310 g/mol. The van der Waals surface area contributed by atoms with Gasteiger partial charge in [-0.15, -0.1) is 0 Å². The summed E-state index contributed by atoms with van der Waals surface area (Å²) in [4.78, 5) is 16.0. The number of hydrogen-bond acceptors (Lipinski definition) is 2. The number of benzene rings is 2. The van der Waals surface area contributed by atoms with Gasteiger partial charge in [0, 0.05) is 28.2 Å². The van der Waals surface area contributed by atoms with Crippen molar-refractivity contribution in [2.75, 3.05) is 5.32 Å². The molecule has 0 saturated carbocycles. The Balaban J connectivity index is 2.00. The van der Waals surface area contributed by atoms with E-state index >= 15 is 0 Å². The molecule has 1 N–H and O–H groups in total. The third-order valence-corrected chi connectivity index (χ3v) is 3.37. The standard InChI is InChI=1S/C16H9ClF2N2O/c17-10-3-1-9(2-4-10)16(22)21-14-5-6-20-15-12(14)7-11(18)8-13(15)19/h1-8H,(H,20,21,22). The Morgan fingerprint density at radius 3 is 2.55 bits per heavy atom. The predicted molar refractivity (Wildman–Crippen MR) is 81.1 cm³/mol. The van der Waals surface area contributed by atoms with Crippen LogP contribution in [0, 0.1) is 11.6 Å². The van der Waals surface area contributed by atoms with E-state index in [0.717, 1.165) is 12.1 Å². The van der Waals surface area contributed by atoms with Gasteiger partial charge < -0.3 is 5.32 Å². The molecule has 3 rings (SSSR count). The number of amides is 1. The van der Waals surface area contributed by atoms with Crippen LogP contribution in [0.3, 0.4) is 0 Å². The summed E-state index contributed by atoms with van der Waals surface area (Å²) in [6.45, 7) is 0. The summed E-state index contributed by atoms with van der Waals surface area (Å²) in [6.07, 6.45) is 1.35. The highest BCUT2D eigenvalue weighted by Crippen LogP contribution is 2.25. The van der Waals surface area contributed by atoms with Crippen LogP contribution in [0.25, 0.3) is 10.9 Å². The Bertz CT molecular complexity index is 866. The molecule has 0 saturated heterocycles. The van der Waals surface area contributed by atoms with E-state index in [9.17, 15) is 13.6 Å². The van der Waals surface area contributed by atoms with Crippen molar-refractivity contribution >= 4 is 34.1 Å². The molecule has 0 fully saturated rings. The molecule has 3 nitrogen and oxygen atoms in total. The summed E-state index contributed by atoms with van der Waals surface area (Å²) in [7, 11) is 0. The topological polar surface area (TPSA) is 42.0 Å². The summed E-state index contributed by atoms with van der Waals surface area (Å²) in [5.41, 5.74) is 0.657. The minimum atomic E-state index is -0.780. The van der Waals surface area contributed by atoms with Crippen molar-refractivity contribution in [3.05, 3.63) is 70.9 Å². The van der Waals surface area contributed by atoms with Crippen LogP contribution in [-0.4, -0.2) is 10.9 Å². The Kier molecular flexibility index (Phi) is 3.73. The first-order valence-electron chi connectivity index (χ1n) is 6.35. The number of fused-ring (bicyclic) bond motifs is 1. The number of halogens is 3. The highest BCUT2D eigenvalue weighted by Gasteiger charge is 2.12. The largest absolute Gasteiger partial charge is 0.321 e. The zero-order valence-corrected chi connectivity index (χ0v) is 11.9. The summed E-state index contributed by atoms with van der Waals surface area (Å²) in [5, 5.41) is 3.33. The zero-order chi connectivity index (χ0) is 15.7. The van der Waals surface area contributed by atoms with Gasteiger partial charge in [-0.25, -0.2) is 8.78 Å². The van der Waals surface area contributed by atoms with Crippen molar-refractivity contribution in [2.24, 2.45) is 0 Å². The molecule has 1 heterocycles. The molecular formula is C16H9ClF2N2O. The second kappa shape index (κ2) is 5.69. The van der Waals surface area contributed by atoms with Gasteiger partial charge in [0.15, 0.2) is 5.82 Å². The lowest BCUT2D eigenvalue weighted by atomic mass is 10.1. The molecule has 0 radical (unpaired) electrons. The second-order valence-electron chi connectivity index (χ2n) is 4.60. The molecule has 22 heavy (non-hydrogen) atoms. The molecule has 1 amide bonds. The van der Waals surface area contributed by atoms with Crippen LogP contribution >= 0.6 is 11.6 Å². The summed E-state index contributed by atoms with van der Waals surface area (Å²) < 4.78 is 27.1. The quantitative estimate of drug-likeness (QED) is 0.760. The van der Waals surface area contributed by atoms with Crippen LogP contribution in [0.15, 0.2) is 48.7 Å². The smallest absolute Gasteiger partial charge is 0.255 e. The summed E-state index contributed by atoms with van der Waals surface area (Å²) >= 11 is 5.77.